The van der Waals surface area contributed by atoms with Crippen molar-refractivity contribution in [3.63, 3.8) is 0 Å². The molecule has 2 N–H and O–H groups in total. The highest BCUT2D eigenvalue weighted by Crippen LogP contribution is 2.19. The first-order valence-corrected chi connectivity index (χ1v) is 11.6. The second-order valence-electron chi connectivity index (χ2n) is 6.75. The Labute approximate surface area is 199 Å². The Kier molecular flexibility index (Phi) is 8.85. The minimum atomic E-state index is -0.915. The van der Waals surface area contributed by atoms with E-state index in [9.17, 15) is 14.4 Å². The summed E-state index contributed by atoms with van der Waals surface area (Å²) in [5.41, 5.74) is 1.05. The zero-order chi connectivity index (χ0) is 23.6. The number of halogens is 1. The van der Waals surface area contributed by atoms with Gasteiger partial charge >= 0.3 is 12.0 Å². The molecule has 0 aliphatic carbocycles. The number of thioether (sulfide) groups is 1. The number of benzene rings is 2. The van der Waals surface area contributed by atoms with Gasteiger partial charge in [0.25, 0.3) is 11.8 Å². The highest BCUT2D eigenvalue weighted by Gasteiger charge is 2.24. The maximum Gasteiger partial charge on any atom is 0.329 e. The topological polar surface area (TPSA) is 123 Å². The van der Waals surface area contributed by atoms with Crippen LogP contribution in [0.3, 0.4) is 0 Å². The summed E-state index contributed by atoms with van der Waals surface area (Å²) in [5.74, 6) is -0.975. The van der Waals surface area contributed by atoms with Crippen molar-refractivity contribution in [1.29, 1.82) is 0 Å². The first-order chi connectivity index (χ1) is 16.0. The molecule has 2 amide bonds. The minimum Gasteiger partial charge on any atom is -0.454 e. The molecule has 0 unspecified atom stereocenters. The monoisotopic (exact) mass is 488 g/mol. The average Bonchev–Trinajstić information content (AvgIpc) is 3.29. The summed E-state index contributed by atoms with van der Waals surface area (Å²) in [6.45, 7) is -0.575. The Morgan fingerprint density at radius 2 is 1.82 bits per heavy atom. The van der Waals surface area contributed by atoms with E-state index in [-0.39, 0.29) is 11.9 Å². The van der Waals surface area contributed by atoms with Crippen LogP contribution in [0.2, 0.25) is 5.02 Å². The molecule has 0 spiro atoms. The fourth-order valence-corrected chi connectivity index (χ4v) is 3.29. The van der Waals surface area contributed by atoms with Crippen LogP contribution >= 0.6 is 23.4 Å². The first kappa shape index (κ1) is 24.3. The molecule has 0 saturated carbocycles. The number of carbonyl (C=O) groups is 3. The second-order valence-corrected chi connectivity index (χ2v) is 8.17. The molecule has 0 radical (unpaired) electrons. The normalized spacial score (nSPS) is 11.5. The number of aromatic nitrogens is 2. The predicted molar refractivity (Wildman–Crippen MR) is 125 cm³/mol. The number of amides is 2. The van der Waals surface area contributed by atoms with E-state index < -0.39 is 30.4 Å². The van der Waals surface area contributed by atoms with E-state index in [4.69, 9.17) is 20.8 Å². The zero-order valence-electron chi connectivity index (χ0n) is 17.6. The molecular formula is C22H21ClN4O5S. The lowest BCUT2D eigenvalue weighted by Gasteiger charge is -2.17. The highest BCUT2D eigenvalue weighted by atomic mass is 35.5. The number of hydrogen-bond acceptors (Lipinski definition) is 8. The fraction of sp³-hybridized carbons (Fsp3) is 0.227. The van der Waals surface area contributed by atoms with E-state index in [0.29, 0.717) is 28.3 Å². The van der Waals surface area contributed by atoms with E-state index in [1.807, 2.05) is 24.5 Å². The maximum absolute atomic E-state index is 12.5. The van der Waals surface area contributed by atoms with Crippen LogP contribution < -0.4 is 10.6 Å². The van der Waals surface area contributed by atoms with Gasteiger partial charge in [-0.1, -0.05) is 34.9 Å². The molecule has 1 atom stereocenters. The van der Waals surface area contributed by atoms with Gasteiger partial charge in [-0.2, -0.15) is 11.8 Å². The number of nitrogens with one attached hydrogen (secondary N) is 2. The number of esters is 1. The van der Waals surface area contributed by atoms with Crippen LogP contribution in [0, 0.1) is 0 Å². The third-order valence-electron chi connectivity index (χ3n) is 4.34. The number of anilines is 1. The van der Waals surface area contributed by atoms with Crippen LogP contribution in [-0.4, -0.2) is 52.6 Å². The van der Waals surface area contributed by atoms with Crippen molar-refractivity contribution < 1.29 is 23.5 Å². The summed E-state index contributed by atoms with van der Waals surface area (Å²) >= 11 is 7.36. The lowest BCUT2D eigenvalue weighted by atomic mass is 10.1. The van der Waals surface area contributed by atoms with E-state index >= 15 is 0 Å². The van der Waals surface area contributed by atoms with E-state index in [1.165, 1.54) is 11.8 Å². The molecular weight excluding hydrogens is 468 g/mol. The van der Waals surface area contributed by atoms with Crippen LogP contribution in [0.1, 0.15) is 16.8 Å². The van der Waals surface area contributed by atoms with Crippen LogP contribution in [0.5, 0.6) is 0 Å². The summed E-state index contributed by atoms with van der Waals surface area (Å²) < 4.78 is 10.5. The van der Waals surface area contributed by atoms with Crippen molar-refractivity contribution in [3.05, 3.63) is 65.2 Å². The van der Waals surface area contributed by atoms with E-state index in [0.717, 1.165) is 0 Å². The van der Waals surface area contributed by atoms with Crippen molar-refractivity contribution in [1.82, 2.24) is 15.5 Å². The largest absolute Gasteiger partial charge is 0.454 e. The molecule has 9 nitrogen and oxygen atoms in total. The van der Waals surface area contributed by atoms with Gasteiger partial charge < -0.3 is 14.5 Å². The van der Waals surface area contributed by atoms with Crippen LogP contribution in [0.25, 0.3) is 11.5 Å². The number of rotatable bonds is 10. The van der Waals surface area contributed by atoms with Gasteiger partial charge in [0.15, 0.2) is 6.61 Å². The summed E-state index contributed by atoms with van der Waals surface area (Å²) in [7, 11) is 0. The van der Waals surface area contributed by atoms with Crippen LogP contribution in [0.15, 0.2) is 59.0 Å². The Morgan fingerprint density at radius 1 is 1.09 bits per heavy atom. The summed E-state index contributed by atoms with van der Waals surface area (Å²) in [5, 5.41) is 13.1. The smallest absolute Gasteiger partial charge is 0.329 e. The van der Waals surface area contributed by atoms with Gasteiger partial charge in [-0.05, 0) is 54.8 Å². The zero-order valence-corrected chi connectivity index (χ0v) is 19.2. The lowest BCUT2D eigenvalue weighted by Crippen LogP contribution is -2.43. The molecule has 0 fully saturated rings. The van der Waals surface area contributed by atoms with Gasteiger partial charge in [-0.3, -0.25) is 14.9 Å². The summed E-state index contributed by atoms with van der Waals surface area (Å²) in [6, 6.07) is 14.3. The predicted octanol–water partition coefficient (Wildman–Crippen LogP) is 3.42. The van der Waals surface area contributed by atoms with Crippen molar-refractivity contribution in [2.45, 2.75) is 12.5 Å². The van der Waals surface area contributed by atoms with Crippen molar-refractivity contribution in [2.75, 3.05) is 23.9 Å². The van der Waals surface area contributed by atoms with Crippen molar-refractivity contribution >= 4 is 47.2 Å². The van der Waals surface area contributed by atoms with Crippen molar-refractivity contribution in [2.24, 2.45) is 0 Å². The molecule has 0 saturated heterocycles. The van der Waals surface area contributed by atoms with E-state index in [1.54, 1.807) is 36.4 Å². The van der Waals surface area contributed by atoms with Gasteiger partial charge in [0.2, 0.25) is 5.89 Å². The molecule has 1 aromatic heterocycles. The maximum atomic E-state index is 12.5. The lowest BCUT2D eigenvalue weighted by molar-refractivity contribution is -0.149. The molecule has 0 bridgehead atoms. The fourth-order valence-electron chi connectivity index (χ4n) is 2.69. The molecule has 1 heterocycles. The Hall–Kier alpha value is -3.37. The first-order valence-electron chi connectivity index (χ1n) is 9.87. The number of hydrogen-bond donors (Lipinski definition) is 2. The molecule has 3 aromatic rings. The number of carbonyl (C=O) groups excluding carboxylic acids is 3. The molecule has 172 valence electrons. The number of nitrogens with zero attached hydrogens (tertiary/aromatic N) is 2. The molecule has 2 aromatic carbocycles. The van der Waals surface area contributed by atoms with Gasteiger partial charge in [0.1, 0.15) is 6.04 Å². The summed E-state index contributed by atoms with van der Waals surface area (Å²) in [4.78, 5) is 37.1. The molecule has 0 aliphatic heterocycles. The Morgan fingerprint density at radius 3 is 2.52 bits per heavy atom. The highest BCUT2D eigenvalue weighted by molar-refractivity contribution is 7.98. The molecule has 11 heteroatoms. The van der Waals surface area contributed by atoms with Gasteiger partial charge in [0, 0.05) is 16.1 Å². The van der Waals surface area contributed by atoms with Crippen LogP contribution in [0.4, 0.5) is 6.01 Å². The van der Waals surface area contributed by atoms with Gasteiger partial charge in [0.05, 0.1) is 0 Å². The minimum absolute atomic E-state index is 0.120. The third-order valence-corrected chi connectivity index (χ3v) is 5.24. The van der Waals surface area contributed by atoms with Crippen molar-refractivity contribution in [3.8, 4) is 11.5 Å². The molecule has 3 rings (SSSR count). The standard InChI is InChI=1S/C22H21ClN4O5S/c1-33-12-11-17(24-19(29)14-7-9-16(23)10-8-14)21(30)31-13-18(28)25-22-27-26-20(32-22)15-5-3-2-4-6-15/h2-10,17H,11-13H2,1H3,(H,24,29)(H,25,27,28)/t17-/m0/s1. The van der Waals surface area contributed by atoms with E-state index in [2.05, 4.69) is 20.8 Å². The third kappa shape index (κ3) is 7.33. The summed E-state index contributed by atoms with van der Waals surface area (Å²) in [6.07, 6.45) is 2.22. The average molecular weight is 489 g/mol. The SMILES string of the molecule is CSCC[C@H](NC(=O)c1ccc(Cl)cc1)C(=O)OCC(=O)Nc1nnc(-c2ccccc2)o1. The van der Waals surface area contributed by atoms with Gasteiger partial charge in [-0.25, -0.2) is 4.79 Å². The Balaban J connectivity index is 1.53. The Bertz CT molecular complexity index is 1090. The quantitative estimate of drug-likeness (QED) is 0.416. The second kappa shape index (κ2) is 12.0. The number of ether oxygens (including phenoxy) is 1. The molecule has 33 heavy (non-hydrogen) atoms. The van der Waals surface area contributed by atoms with Crippen LogP contribution in [-0.2, 0) is 14.3 Å². The van der Waals surface area contributed by atoms with Gasteiger partial charge in [-0.15, -0.1) is 5.10 Å². The molecule has 0 aliphatic rings.